The molecule has 0 aromatic carbocycles. The molecule has 4 aliphatic heterocycles. The third-order valence-electron chi connectivity index (χ3n) is 8.66. The molecular formula is C24H28O8. The summed E-state index contributed by atoms with van der Waals surface area (Å²) in [7, 11) is 0. The van der Waals surface area contributed by atoms with E-state index in [4.69, 9.17) is 18.9 Å². The van der Waals surface area contributed by atoms with Gasteiger partial charge in [-0.1, -0.05) is 6.58 Å². The van der Waals surface area contributed by atoms with Crippen LogP contribution in [-0.2, 0) is 38.1 Å². The highest BCUT2D eigenvalue weighted by molar-refractivity contribution is 6.13. The monoisotopic (exact) mass is 444 g/mol. The SMILES string of the molecule is C=C(C(=O)OC1C2CC3CC(C2)C(=O)OC1C3)C(=O)OC1C2CC3CC(C[C@H]1C3)C(=O)O2. The molecule has 8 nitrogen and oxygen atoms in total. The molecule has 0 spiro atoms. The van der Waals surface area contributed by atoms with Gasteiger partial charge in [0.05, 0.1) is 11.8 Å². The minimum Gasteiger partial charge on any atom is -0.458 e. The zero-order chi connectivity index (χ0) is 22.1. The van der Waals surface area contributed by atoms with E-state index in [1.54, 1.807) is 0 Å². The lowest BCUT2D eigenvalue weighted by atomic mass is 9.67. The number of hydrogen-bond acceptors (Lipinski definition) is 8. The molecule has 4 aliphatic carbocycles. The summed E-state index contributed by atoms with van der Waals surface area (Å²) in [6.07, 6.45) is 4.15. The van der Waals surface area contributed by atoms with E-state index in [0.29, 0.717) is 37.5 Å². The van der Waals surface area contributed by atoms with Crippen LogP contribution in [-0.4, -0.2) is 48.3 Å². The summed E-state index contributed by atoms with van der Waals surface area (Å²) >= 11 is 0. The molecule has 9 unspecified atom stereocenters. The number of hydrogen-bond donors (Lipinski definition) is 0. The minimum atomic E-state index is -0.831. The molecule has 0 amide bonds. The number of ether oxygens (including phenoxy) is 4. The Balaban J connectivity index is 1.12. The Kier molecular flexibility index (Phi) is 4.63. The third-order valence-corrected chi connectivity index (χ3v) is 8.66. The molecule has 4 saturated heterocycles. The predicted octanol–water partition coefficient (Wildman–Crippen LogP) is 2.09. The Morgan fingerprint density at radius 3 is 1.56 bits per heavy atom. The van der Waals surface area contributed by atoms with Crippen LogP contribution in [0.5, 0.6) is 0 Å². The summed E-state index contributed by atoms with van der Waals surface area (Å²) in [5.41, 5.74) is -0.373. The quantitative estimate of drug-likeness (QED) is 0.213. The van der Waals surface area contributed by atoms with Crippen molar-refractivity contribution in [2.24, 2.45) is 35.5 Å². The van der Waals surface area contributed by atoms with E-state index in [2.05, 4.69) is 6.58 Å². The van der Waals surface area contributed by atoms with Crippen molar-refractivity contribution in [1.29, 1.82) is 0 Å². The molecule has 4 heterocycles. The topological polar surface area (TPSA) is 105 Å². The molecular weight excluding hydrogens is 416 g/mol. The van der Waals surface area contributed by atoms with Gasteiger partial charge in [-0.2, -0.15) is 0 Å². The molecule has 10 atom stereocenters. The van der Waals surface area contributed by atoms with Gasteiger partial charge >= 0.3 is 23.9 Å². The van der Waals surface area contributed by atoms with Crippen molar-refractivity contribution in [2.45, 2.75) is 75.8 Å². The van der Waals surface area contributed by atoms with Crippen molar-refractivity contribution in [3.05, 3.63) is 12.2 Å². The van der Waals surface area contributed by atoms with Crippen molar-refractivity contribution >= 4 is 23.9 Å². The second-order valence-electron chi connectivity index (χ2n) is 10.7. The van der Waals surface area contributed by atoms with E-state index in [-0.39, 0.29) is 41.2 Å². The molecule has 4 saturated carbocycles. The van der Waals surface area contributed by atoms with Crippen LogP contribution in [0.15, 0.2) is 12.2 Å². The maximum Gasteiger partial charge on any atom is 0.345 e. The largest absolute Gasteiger partial charge is 0.458 e. The van der Waals surface area contributed by atoms with Crippen LogP contribution < -0.4 is 0 Å². The molecule has 0 aromatic heterocycles. The van der Waals surface area contributed by atoms with Gasteiger partial charge in [-0.25, -0.2) is 9.59 Å². The Morgan fingerprint density at radius 2 is 1.12 bits per heavy atom. The van der Waals surface area contributed by atoms with Gasteiger partial charge in [0, 0.05) is 11.8 Å². The van der Waals surface area contributed by atoms with Crippen LogP contribution in [0.1, 0.15) is 51.4 Å². The fourth-order valence-corrected chi connectivity index (χ4v) is 7.35. The first kappa shape index (κ1) is 20.2. The summed E-state index contributed by atoms with van der Waals surface area (Å²) in [6.45, 7) is 3.63. The second kappa shape index (κ2) is 7.32. The van der Waals surface area contributed by atoms with Crippen LogP contribution >= 0.6 is 0 Å². The smallest absolute Gasteiger partial charge is 0.345 e. The van der Waals surface area contributed by atoms with Gasteiger partial charge in [-0.05, 0) is 63.2 Å². The number of rotatable bonds is 4. The normalized spacial score (nSPS) is 45.5. The van der Waals surface area contributed by atoms with Gasteiger partial charge < -0.3 is 18.9 Å². The molecule has 0 N–H and O–H groups in total. The molecule has 172 valence electrons. The van der Waals surface area contributed by atoms with Crippen LogP contribution in [0.3, 0.4) is 0 Å². The zero-order valence-corrected chi connectivity index (χ0v) is 17.9. The predicted molar refractivity (Wildman–Crippen MR) is 107 cm³/mol. The lowest BCUT2D eigenvalue weighted by molar-refractivity contribution is -0.176. The van der Waals surface area contributed by atoms with E-state index in [1.807, 2.05) is 0 Å². The fourth-order valence-electron chi connectivity index (χ4n) is 7.35. The molecule has 8 heteroatoms. The Morgan fingerprint density at radius 1 is 0.688 bits per heavy atom. The van der Waals surface area contributed by atoms with E-state index in [0.717, 1.165) is 25.7 Å². The summed E-state index contributed by atoms with van der Waals surface area (Å²) in [5.74, 6) is -1.35. The Labute approximate surface area is 186 Å². The van der Waals surface area contributed by atoms with E-state index >= 15 is 0 Å². The molecule has 32 heavy (non-hydrogen) atoms. The molecule has 8 fully saturated rings. The van der Waals surface area contributed by atoms with Gasteiger partial charge in [-0.15, -0.1) is 0 Å². The maximum atomic E-state index is 12.8. The van der Waals surface area contributed by atoms with Gasteiger partial charge in [0.1, 0.15) is 30.0 Å². The number of esters is 4. The minimum absolute atomic E-state index is 0.0593. The molecule has 8 rings (SSSR count). The van der Waals surface area contributed by atoms with Gasteiger partial charge in [0.25, 0.3) is 0 Å². The third kappa shape index (κ3) is 3.25. The average molecular weight is 444 g/mol. The van der Waals surface area contributed by atoms with Crippen molar-refractivity contribution in [1.82, 2.24) is 0 Å². The lowest BCUT2D eigenvalue weighted by Crippen LogP contribution is -2.47. The van der Waals surface area contributed by atoms with Gasteiger partial charge in [0.2, 0.25) is 0 Å². The van der Waals surface area contributed by atoms with E-state index in [9.17, 15) is 19.2 Å². The van der Waals surface area contributed by atoms with Crippen LogP contribution in [0, 0.1) is 35.5 Å². The number of carbonyl (C=O) groups is 4. The van der Waals surface area contributed by atoms with Crippen molar-refractivity contribution in [3.8, 4) is 0 Å². The van der Waals surface area contributed by atoms with Gasteiger partial charge in [-0.3, -0.25) is 9.59 Å². The number of fused-ring (bicyclic) bond motifs is 2. The fraction of sp³-hybridized carbons (Fsp3) is 0.750. The standard InChI is InChI=1S/C24H28O8/c1-10(21(25)31-19-13-2-11-4-15(8-13)23(27)29-17(19)6-11)22(26)32-20-14-3-12-5-16(9-14)24(28)30-18(20)7-12/h11-20H,1-9H2/t11?,12?,13-,14?,15?,16?,17?,18?,19?,20?/m1/s1. The first-order valence-electron chi connectivity index (χ1n) is 11.9. The Hall–Kier alpha value is -2.38. The summed E-state index contributed by atoms with van der Waals surface area (Å²) in [5, 5.41) is 0. The molecule has 0 aromatic rings. The van der Waals surface area contributed by atoms with Crippen molar-refractivity contribution in [2.75, 3.05) is 0 Å². The first-order chi connectivity index (χ1) is 15.4. The second-order valence-corrected chi connectivity index (χ2v) is 10.7. The van der Waals surface area contributed by atoms with Crippen LogP contribution in [0.25, 0.3) is 0 Å². The maximum absolute atomic E-state index is 12.8. The van der Waals surface area contributed by atoms with E-state index in [1.165, 1.54) is 0 Å². The van der Waals surface area contributed by atoms with Crippen LogP contribution in [0.2, 0.25) is 0 Å². The van der Waals surface area contributed by atoms with E-state index < -0.39 is 36.4 Å². The van der Waals surface area contributed by atoms with Crippen LogP contribution in [0.4, 0.5) is 0 Å². The highest BCUT2D eigenvalue weighted by Crippen LogP contribution is 2.49. The summed E-state index contributed by atoms with van der Waals surface area (Å²) < 4.78 is 22.5. The zero-order valence-electron chi connectivity index (χ0n) is 17.9. The first-order valence-corrected chi connectivity index (χ1v) is 11.9. The molecule has 0 radical (unpaired) electrons. The summed E-state index contributed by atoms with van der Waals surface area (Å²) in [6, 6.07) is 0. The molecule has 8 aliphatic rings. The lowest BCUT2D eigenvalue weighted by Gasteiger charge is -2.41. The molecule has 8 bridgehead atoms. The Bertz CT molecular complexity index is 824. The highest BCUT2D eigenvalue weighted by Gasteiger charge is 2.53. The van der Waals surface area contributed by atoms with Crippen molar-refractivity contribution in [3.63, 3.8) is 0 Å². The summed E-state index contributed by atoms with van der Waals surface area (Å²) in [4.78, 5) is 50.1. The average Bonchev–Trinajstić information content (AvgIpc) is 3.02. The number of carbonyl (C=O) groups excluding carboxylic acids is 4. The van der Waals surface area contributed by atoms with Crippen molar-refractivity contribution < 1.29 is 38.1 Å². The highest BCUT2D eigenvalue weighted by atomic mass is 16.6. The van der Waals surface area contributed by atoms with Gasteiger partial charge in [0.15, 0.2) is 0 Å².